The Balaban J connectivity index is 3.21. The Morgan fingerprint density at radius 2 is 2.10 bits per heavy atom. The van der Waals surface area contributed by atoms with E-state index in [1.165, 1.54) is 12.0 Å². The summed E-state index contributed by atoms with van der Waals surface area (Å²) >= 11 is 0. The highest BCUT2D eigenvalue weighted by molar-refractivity contribution is 5.75. The number of hydrogen-bond donors (Lipinski definition) is 1. The highest BCUT2D eigenvalue weighted by Gasteiger charge is 1.99. The van der Waals surface area contributed by atoms with Gasteiger partial charge in [0.2, 0.25) is 0 Å². The van der Waals surface area contributed by atoms with Crippen molar-refractivity contribution in [2.24, 2.45) is 0 Å². The van der Waals surface area contributed by atoms with Crippen molar-refractivity contribution in [2.75, 3.05) is 13.1 Å². The lowest BCUT2D eigenvalue weighted by Gasteiger charge is -2.11. The quantitative estimate of drug-likeness (QED) is 0.588. The Bertz CT molecular complexity index is 104. The standard InChI is InChI=1S/C7H15NO2/c1-3-5-8(10)6-4-7(2)9/h10H,3-6H2,1-2H3. The molecule has 0 saturated heterocycles. The molecule has 3 heteroatoms. The van der Waals surface area contributed by atoms with Crippen LogP contribution in [0.5, 0.6) is 0 Å². The van der Waals surface area contributed by atoms with Crippen LogP contribution in [0, 0.1) is 0 Å². The van der Waals surface area contributed by atoms with Crippen LogP contribution in [-0.2, 0) is 4.79 Å². The summed E-state index contributed by atoms with van der Waals surface area (Å²) < 4.78 is 0. The average molecular weight is 145 g/mol. The summed E-state index contributed by atoms with van der Waals surface area (Å²) in [4.78, 5) is 10.4. The molecular formula is C7H15NO2. The summed E-state index contributed by atoms with van der Waals surface area (Å²) in [6, 6.07) is 0. The maximum absolute atomic E-state index is 10.4. The van der Waals surface area contributed by atoms with Gasteiger partial charge in [0.25, 0.3) is 0 Å². The van der Waals surface area contributed by atoms with Gasteiger partial charge in [0.05, 0.1) is 0 Å². The van der Waals surface area contributed by atoms with Crippen LogP contribution in [0.4, 0.5) is 0 Å². The Morgan fingerprint density at radius 3 is 2.50 bits per heavy atom. The molecule has 0 unspecified atom stereocenters. The summed E-state index contributed by atoms with van der Waals surface area (Å²) in [6.07, 6.45) is 1.35. The number of Topliss-reactive ketones (excluding diaryl/α,β-unsaturated/α-hetero) is 1. The molecule has 0 amide bonds. The molecule has 0 radical (unpaired) electrons. The molecule has 0 aromatic rings. The normalized spacial score (nSPS) is 10.4. The van der Waals surface area contributed by atoms with Crippen LogP contribution in [-0.4, -0.2) is 29.1 Å². The summed E-state index contributed by atoms with van der Waals surface area (Å²) in [5.41, 5.74) is 0. The second kappa shape index (κ2) is 5.38. The SMILES string of the molecule is CCCN(O)CCC(C)=O. The molecule has 10 heavy (non-hydrogen) atoms. The molecule has 1 N–H and O–H groups in total. The lowest BCUT2D eigenvalue weighted by molar-refractivity contribution is -0.123. The van der Waals surface area contributed by atoms with E-state index in [-0.39, 0.29) is 5.78 Å². The molecule has 0 aromatic carbocycles. The van der Waals surface area contributed by atoms with Crippen molar-refractivity contribution in [1.29, 1.82) is 0 Å². The molecule has 0 spiro atoms. The van der Waals surface area contributed by atoms with Gasteiger partial charge in [0.1, 0.15) is 5.78 Å². The third-order valence-electron chi connectivity index (χ3n) is 1.20. The van der Waals surface area contributed by atoms with Crippen molar-refractivity contribution in [3.05, 3.63) is 0 Å². The molecule has 0 atom stereocenters. The molecule has 0 saturated carbocycles. The van der Waals surface area contributed by atoms with Crippen molar-refractivity contribution in [3.8, 4) is 0 Å². The molecule has 0 heterocycles. The first-order chi connectivity index (χ1) is 4.66. The topological polar surface area (TPSA) is 40.5 Å². The van der Waals surface area contributed by atoms with Gasteiger partial charge < -0.3 is 5.21 Å². The first-order valence-electron chi connectivity index (χ1n) is 3.60. The Morgan fingerprint density at radius 1 is 1.50 bits per heavy atom. The number of rotatable bonds is 5. The van der Waals surface area contributed by atoms with E-state index in [1.54, 1.807) is 0 Å². The van der Waals surface area contributed by atoms with Crippen molar-refractivity contribution in [3.63, 3.8) is 0 Å². The van der Waals surface area contributed by atoms with Gasteiger partial charge in [0.15, 0.2) is 0 Å². The summed E-state index contributed by atoms with van der Waals surface area (Å²) in [5.74, 6) is 0.121. The van der Waals surface area contributed by atoms with Gasteiger partial charge in [0, 0.05) is 19.5 Å². The van der Waals surface area contributed by atoms with Crippen LogP contribution in [0.3, 0.4) is 0 Å². The molecule has 0 aliphatic heterocycles. The monoisotopic (exact) mass is 145 g/mol. The lowest BCUT2D eigenvalue weighted by Crippen LogP contribution is -2.22. The molecule has 60 valence electrons. The molecule has 3 nitrogen and oxygen atoms in total. The molecule has 0 bridgehead atoms. The number of carbonyl (C=O) groups excluding carboxylic acids is 1. The fraction of sp³-hybridized carbons (Fsp3) is 0.857. The highest BCUT2D eigenvalue weighted by atomic mass is 16.5. The van der Waals surface area contributed by atoms with Gasteiger partial charge in [-0.25, -0.2) is 0 Å². The fourth-order valence-electron chi connectivity index (χ4n) is 0.656. The molecule has 0 aliphatic carbocycles. The third-order valence-corrected chi connectivity index (χ3v) is 1.20. The van der Waals surface area contributed by atoms with Gasteiger partial charge in [-0.15, -0.1) is 0 Å². The third kappa shape index (κ3) is 5.72. The second-order valence-corrected chi connectivity index (χ2v) is 2.41. The Labute approximate surface area is 61.6 Å². The Kier molecular flexibility index (Phi) is 5.16. The molecule has 0 fully saturated rings. The van der Waals surface area contributed by atoms with Crippen molar-refractivity contribution >= 4 is 5.78 Å². The van der Waals surface area contributed by atoms with E-state index >= 15 is 0 Å². The highest BCUT2D eigenvalue weighted by Crippen LogP contribution is 1.89. The number of hydrogen-bond acceptors (Lipinski definition) is 3. The van der Waals surface area contributed by atoms with Gasteiger partial charge >= 0.3 is 0 Å². The Hall–Kier alpha value is -0.410. The van der Waals surface area contributed by atoms with Gasteiger partial charge in [-0.3, -0.25) is 4.79 Å². The molecule has 0 rings (SSSR count). The minimum absolute atomic E-state index is 0.121. The summed E-state index contributed by atoms with van der Waals surface area (Å²) in [7, 11) is 0. The van der Waals surface area contributed by atoms with E-state index in [0.29, 0.717) is 19.5 Å². The number of nitrogens with zero attached hydrogens (tertiary/aromatic N) is 1. The van der Waals surface area contributed by atoms with Gasteiger partial charge in [-0.05, 0) is 13.3 Å². The van der Waals surface area contributed by atoms with Crippen LogP contribution in [0.2, 0.25) is 0 Å². The van der Waals surface area contributed by atoms with Crippen molar-refractivity contribution in [2.45, 2.75) is 26.7 Å². The van der Waals surface area contributed by atoms with Crippen LogP contribution >= 0.6 is 0 Å². The van der Waals surface area contributed by atoms with Crippen LogP contribution in [0.25, 0.3) is 0 Å². The zero-order valence-corrected chi connectivity index (χ0v) is 6.63. The molecule has 0 aromatic heterocycles. The van der Waals surface area contributed by atoms with E-state index in [4.69, 9.17) is 5.21 Å². The predicted octanol–water partition coefficient (Wildman–Crippen LogP) is 1.07. The maximum Gasteiger partial charge on any atom is 0.131 e. The number of ketones is 1. The fourth-order valence-corrected chi connectivity index (χ4v) is 0.656. The molecule has 0 aliphatic rings. The van der Waals surface area contributed by atoms with Crippen LogP contribution < -0.4 is 0 Å². The number of carbonyl (C=O) groups is 1. The van der Waals surface area contributed by atoms with E-state index in [2.05, 4.69) is 0 Å². The van der Waals surface area contributed by atoms with Crippen molar-refractivity contribution in [1.82, 2.24) is 5.06 Å². The zero-order chi connectivity index (χ0) is 7.98. The average Bonchev–Trinajstić information content (AvgIpc) is 1.85. The van der Waals surface area contributed by atoms with E-state index in [0.717, 1.165) is 6.42 Å². The van der Waals surface area contributed by atoms with Gasteiger partial charge in [-0.2, -0.15) is 5.06 Å². The zero-order valence-electron chi connectivity index (χ0n) is 6.63. The smallest absolute Gasteiger partial charge is 0.131 e. The van der Waals surface area contributed by atoms with E-state index in [1.807, 2.05) is 6.92 Å². The second-order valence-electron chi connectivity index (χ2n) is 2.41. The largest absolute Gasteiger partial charge is 0.314 e. The van der Waals surface area contributed by atoms with E-state index in [9.17, 15) is 4.79 Å². The number of hydroxylamine groups is 2. The van der Waals surface area contributed by atoms with Crippen molar-refractivity contribution < 1.29 is 10.0 Å². The summed E-state index contributed by atoms with van der Waals surface area (Å²) in [6.45, 7) is 4.62. The predicted molar refractivity (Wildman–Crippen MR) is 38.9 cm³/mol. The summed E-state index contributed by atoms with van der Waals surface area (Å²) in [5, 5.41) is 10.2. The van der Waals surface area contributed by atoms with E-state index < -0.39 is 0 Å². The minimum Gasteiger partial charge on any atom is -0.314 e. The molecular weight excluding hydrogens is 130 g/mol. The first kappa shape index (κ1) is 9.59. The minimum atomic E-state index is 0.121. The van der Waals surface area contributed by atoms with Crippen LogP contribution in [0.1, 0.15) is 26.7 Å². The first-order valence-corrected chi connectivity index (χ1v) is 3.60. The maximum atomic E-state index is 10.4. The van der Waals surface area contributed by atoms with Gasteiger partial charge in [-0.1, -0.05) is 6.92 Å². The lowest BCUT2D eigenvalue weighted by atomic mass is 10.3. The van der Waals surface area contributed by atoms with Crippen LogP contribution in [0.15, 0.2) is 0 Å².